The molecule has 1 aromatic heterocycles. The van der Waals surface area contributed by atoms with Crippen molar-refractivity contribution < 1.29 is 13.9 Å². The zero-order chi connectivity index (χ0) is 17.3. The largest absolute Gasteiger partial charge is 0.495 e. The van der Waals surface area contributed by atoms with Crippen LogP contribution < -0.4 is 10.1 Å². The number of aryl methyl sites for hydroxylation is 2. The Morgan fingerprint density at radius 1 is 1.04 bits per heavy atom. The molecule has 1 N–H and O–H groups in total. The Bertz CT molecular complexity index is 941. The van der Waals surface area contributed by atoms with Crippen LogP contribution in [-0.2, 0) is 0 Å². The van der Waals surface area contributed by atoms with Gasteiger partial charge in [-0.05, 0) is 44.2 Å². The Balaban J connectivity index is 1.94. The van der Waals surface area contributed by atoms with Crippen molar-refractivity contribution in [3.05, 3.63) is 59.2 Å². The summed E-state index contributed by atoms with van der Waals surface area (Å²) in [6.07, 6.45) is 0. The topological polar surface area (TPSA) is 64.1 Å². The Morgan fingerprint density at radius 2 is 1.75 bits per heavy atom. The fourth-order valence-corrected chi connectivity index (χ4v) is 2.34. The number of anilines is 1. The third-order valence-electron chi connectivity index (χ3n) is 3.75. The molecule has 5 nitrogen and oxygen atoms in total. The van der Waals surface area contributed by atoms with Crippen LogP contribution in [0, 0.1) is 19.7 Å². The number of hydrogen-bond donors (Lipinski definition) is 1. The molecule has 0 fully saturated rings. The number of nitrogens with one attached hydrogen (secondary N) is 1. The summed E-state index contributed by atoms with van der Waals surface area (Å²) in [5, 5.41) is 2.66. The molecule has 3 rings (SSSR count). The maximum atomic E-state index is 13.4. The standard InChI is InChI=1S/C18H16FN3O2/c1-10-11(2)21-15-8-12(4-6-14(15)20-10)18(23)22-16-9-13(19)5-7-17(16)24-3/h4-9H,1-3H3,(H,22,23). The molecule has 0 aliphatic carbocycles. The molecule has 0 aliphatic heterocycles. The Morgan fingerprint density at radius 3 is 2.46 bits per heavy atom. The number of hydrogen-bond acceptors (Lipinski definition) is 4. The van der Waals surface area contributed by atoms with Crippen LogP contribution >= 0.6 is 0 Å². The number of halogens is 1. The summed E-state index contributed by atoms with van der Waals surface area (Å²) in [5.74, 6) is -0.445. The second-order valence-electron chi connectivity index (χ2n) is 5.40. The second-order valence-corrected chi connectivity index (χ2v) is 5.40. The lowest BCUT2D eigenvalue weighted by atomic mass is 10.1. The van der Waals surface area contributed by atoms with E-state index in [9.17, 15) is 9.18 Å². The predicted molar refractivity (Wildman–Crippen MR) is 89.9 cm³/mol. The molecule has 24 heavy (non-hydrogen) atoms. The van der Waals surface area contributed by atoms with Gasteiger partial charge in [-0.15, -0.1) is 0 Å². The van der Waals surface area contributed by atoms with Crippen molar-refractivity contribution in [2.24, 2.45) is 0 Å². The summed E-state index contributed by atoms with van der Waals surface area (Å²) in [4.78, 5) is 21.3. The van der Waals surface area contributed by atoms with Crippen LogP contribution in [0.5, 0.6) is 5.75 Å². The van der Waals surface area contributed by atoms with Crippen LogP contribution in [-0.4, -0.2) is 23.0 Å². The van der Waals surface area contributed by atoms with Crippen molar-refractivity contribution in [2.75, 3.05) is 12.4 Å². The summed E-state index contributed by atoms with van der Waals surface area (Å²) in [5.41, 5.74) is 3.70. The Labute approximate surface area is 138 Å². The molecule has 0 bridgehead atoms. The van der Waals surface area contributed by atoms with Crippen LogP contribution in [0.3, 0.4) is 0 Å². The fourth-order valence-electron chi connectivity index (χ4n) is 2.34. The molecule has 122 valence electrons. The molecule has 0 radical (unpaired) electrons. The van der Waals surface area contributed by atoms with Gasteiger partial charge in [-0.1, -0.05) is 0 Å². The summed E-state index contributed by atoms with van der Waals surface area (Å²) < 4.78 is 18.5. The van der Waals surface area contributed by atoms with Crippen molar-refractivity contribution in [1.29, 1.82) is 0 Å². The van der Waals surface area contributed by atoms with Gasteiger partial charge >= 0.3 is 0 Å². The molecule has 6 heteroatoms. The van der Waals surface area contributed by atoms with E-state index in [0.29, 0.717) is 16.8 Å². The summed E-state index contributed by atoms with van der Waals surface area (Å²) >= 11 is 0. The fraction of sp³-hybridized carbons (Fsp3) is 0.167. The molecule has 0 saturated carbocycles. The van der Waals surface area contributed by atoms with Crippen molar-refractivity contribution >= 4 is 22.6 Å². The maximum Gasteiger partial charge on any atom is 0.255 e. The highest BCUT2D eigenvalue weighted by Gasteiger charge is 2.12. The van der Waals surface area contributed by atoms with E-state index in [2.05, 4.69) is 15.3 Å². The SMILES string of the molecule is COc1ccc(F)cc1NC(=O)c1ccc2nc(C)c(C)nc2c1. The van der Waals surface area contributed by atoms with Crippen LogP contribution in [0.25, 0.3) is 11.0 Å². The third kappa shape index (κ3) is 3.03. The van der Waals surface area contributed by atoms with E-state index in [0.717, 1.165) is 16.9 Å². The van der Waals surface area contributed by atoms with E-state index >= 15 is 0 Å². The highest BCUT2D eigenvalue weighted by atomic mass is 19.1. The first-order chi connectivity index (χ1) is 11.5. The monoisotopic (exact) mass is 325 g/mol. The first-order valence-electron chi connectivity index (χ1n) is 7.38. The molecule has 3 aromatic rings. The van der Waals surface area contributed by atoms with Gasteiger partial charge in [0.1, 0.15) is 11.6 Å². The van der Waals surface area contributed by atoms with Gasteiger partial charge < -0.3 is 10.1 Å². The minimum Gasteiger partial charge on any atom is -0.495 e. The number of aromatic nitrogens is 2. The highest BCUT2D eigenvalue weighted by Crippen LogP contribution is 2.25. The molecular formula is C18H16FN3O2. The molecular weight excluding hydrogens is 309 g/mol. The molecule has 2 aromatic carbocycles. The number of rotatable bonds is 3. The first kappa shape index (κ1) is 15.9. The Kier molecular flexibility index (Phi) is 4.12. The van der Waals surface area contributed by atoms with Crippen LogP contribution in [0.4, 0.5) is 10.1 Å². The zero-order valence-electron chi connectivity index (χ0n) is 13.6. The normalized spacial score (nSPS) is 10.7. The van der Waals surface area contributed by atoms with E-state index in [1.807, 2.05) is 13.8 Å². The quantitative estimate of drug-likeness (QED) is 0.798. The van der Waals surface area contributed by atoms with E-state index in [1.165, 1.54) is 25.3 Å². The molecule has 0 unspecified atom stereocenters. The van der Waals surface area contributed by atoms with Crippen LogP contribution in [0.1, 0.15) is 21.7 Å². The smallest absolute Gasteiger partial charge is 0.255 e. The van der Waals surface area contributed by atoms with Gasteiger partial charge in [-0.25, -0.2) is 14.4 Å². The van der Waals surface area contributed by atoms with Crippen molar-refractivity contribution in [3.8, 4) is 5.75 Å². The van der Waals surface area contributed by atoms with E-state index in [4.69, 9.17) is 4.74 Å². The molecule has 1 amide bonds. The lowest BCUT2D eigenvalue weighted by Gasteiger charge is -2.10. The van der Waals surface area contributed by atoms with Crippen molar-refractivity contribution in [2.45, 2.75) is 13.8 Å². The third-order valence-corrected chi connectivity index (χ3v) is 3.75. The lowest BCUT2D eigenvalue weighted by molar-refractivity contribution is 0.102. The zero-order valence-corrected chi connectivity index (χ0v) is 13.6. The molecule has 0 spiro atoms. The van der Waals surface area contributed by atoms with Crippen LogP contribution in [0.15, 0.2) is 36.4 Å². The second kappa shape index (κ2) is 6.23. The van der Waals surface area contributed by atoms with E-state index in [-0.39, 0.29) is 11.6 Å². The van der Waals surface area contributed by atoms with Gasteiger partial charge in [0.25, 0.3) is 5.91 Å². The number of methoxy groups -OCH3 is 1. The lowest BCUT2D eigenvalue weighted by Crippen LogP contribution is -2.13. The summed E-state index contributed by atoms with van der Waals surface area (Å²) in [6, 6.07) is 9.01. The Hall–Kier alpha value is -3.02. The number of fused-ring (bicyclic) bond motifs is 1. The van der Waals surface area contributed by atoms with E-state index < -0.39 is 5.82 Å². The van der Waals surface area contributed by atoms with Crippen LogP contribution in [0.2, 0.25) is 0 Å². The highest BCUT2D eigenvalue weighted by molar-refractivity contribution is 6.06. The van der Waals surface area contributed by atoms with Gasteiger partial charge in [-0.3, -0.25) is 4.79 Å². The van der Waals surface area contributed by atoms with E-state index in [1.54, 1.807) is 18.2 Å². The molecule has 1 heterocycles. The number of carbonyl (C=O) groups excluding carboxylic acids is 1. The maximum absolute atomic E-state index is 13.4. The molecule has 0 atom stereocenters. The van der Waals surface area contributed by atoms with Crippen molar-refractivity contribution in [3.63, 3.8) is 0 Å². The minimum absolute atomic E-state index is 0.272. The number of amides is 1. The molecule has 0 aliphatic rings. The first-order valence-corrected chi connectivity index (χ1v) is 7.38. The number of nitrogens with zero attached hydrogens (tertiary/aromatic N) is 2. The average Bonchev–Trinajstić information content (AvgIpc) is 2.55. The predicted octanol–water partition coefficient (Wildman–Crippen LogP) is 3.65. The minimum atomic E-state index is -0.457. The van der Waals surface area contributed by atoms with Gasteiger partial charge in [0, 0.05) is 11.6 Å². The average molecular weight is 325 g/mol. The number of ether oxygens (including phenoxy) is 1. The van der Waals surface area contributed by atoms with Gasteiger partial charge in [0.05, 0.1) is 35.2 Å². The van der Waals surface area contributed by atoms with Crippen molar-refractivity contribution in [1.82, 2.24) is 9.97 Å². The summed E-state index contributed by atoms with van der Waals surface area (Å²) in [6.45, 7) is 3.75. The number of benzene rings is 2. The van der Waals surface area contributed by atoms with Gasteiger partial charge in [-0.2, -0.15) is 0 Å². The number of carbonyl (C=O) groups is 1. The van der Waals surface area contributed by atoms with Gasteiger partial charge in [0.2, 0.25) is 0 Å². The molecule has 0 saturated heterocycles. The van der Waals surface area contributed by atoms with Gasteiger partial charge in [0.15, 0.2) is 0 Å². The summed E-state index contributed by atoms with van der Waals surface area (Å²) in [7, 11) is 1.46.